The van der Waals surface area contributed by atoms with Gasteiger partial charge in [-0.25, -0.2) is 4.79 Å². The molecule has 0 unspecified atom stereocenters. The SMILES string of the molecule is COC(=O)/C(=C/c1cn(C(C)=O)c2ccccc12)P(=O)(OC)OC. The van der Waals surface area contributed by atoms with Crippen LogP contribution in [0.3, 0.4) is 0 Å². The van der Waals surface area contributed by atoms with Gasteiger partial charge in [-0.05, 0) is 12.1 Å². The summed E-state index contributed by atoms with van der Waals surface area (Å²) in [7, 11) is -0.297. The second-order valence-corrected chi connectivity index (χ2v) is 7.08. The van der Waals surface area contributed by atoms with E-state index in [4.69, 9.17) is 9.05 Å². The number of benzene rings is 1. The van der Waals surface area contributed by atoms with E-state index in [1.807, 2.05) is 0 Å². The summed E-state index contributed by atoms with van der Waals surface area (Å²) in [5.74, 6) is -1.02. The highest BCUT2D eigenvalue weighted by Gasteiger charge is 2.34. The fourth-order valence-electron chi connectivity index (χ4n) is 2.35. The molecule has 0 N–H and O–H groups in total. The van der Waals surface area contributed by atoms with E-state index in [1.165, 1.54) is 38.9 Å². The molecule has 0 fully saturated rings. The number of rotatable bonds is 5. The number of carbonyl (C=O) groups excluding carboxylic acids is 2. The van der Waals surface area contributed by atoms with Crippen molar-refractivity contribution in [1.29, 1.82) is 0 Å². The predicted octanol–water partition coefficient (Wildman–Crippen LogP) is 3.30. The van der Waals surface area contributed by atoms with Gasteiger partial charge in [0.15, 0.2) is 0 Å². The van der Waals surface area contributed by atoms with Crippen molar-refractivity contribution in [3.8, 4) is 0 Å². The number of hydrogen-bond acceptors (Lipinski definition) is 6. The monoisotopic (exact) mass is 351 g/mol. The summed E-state index contributed by atoms with van der Waals surface area (Å²) < 4.78 is 28.6. The third-order valence-electron chi connectivity index (χ3n) is 3.54. The van der Waals surface area contributed by atoms with Crippen LogP contribution in [0.15, 0.2) is 35.8 Å². The zero-order chi connectivity index (χ0) is 17.9. The molecule has 24 heavy (non-hydrogen) atoms. The minimum Gasteiger partial charge on any atom is -0.465 e. The summed E-state index contributed by atoms with van der Waals surface area (Å²) >= 11 is 0. The van der Waals surface area contributed by atoms with Crippen LogP contribution in [0.4, 0.5) is 0 Å². The van der Waals surface area contributed by atoms with E-state index in [-0.39, 0.29) is 11.2 Å². The van der Waals surface area contributed by atoms with Crippen LogP contribution in [-0.2, 0) is 23.1 Å². The molecule has 0 aliphatic rings. The number of ether oxygens (including phenoxy) is 1. The second kappa shape index (κ2) is 7.13. The fourth-order valence-corrected chi connectivity index (χ4v) is 3.51. The molecule has 0 radical (unpaired) electrons. The van der Waals surface area contributed by atoms with Crippen molar-refractivity contribution in [2.75, 3.05) is 21.3 Å². The molecule has 7 nitrogen and oxygen atoms in total. The van der Waals surface area contributed by atoms with Gasteiger partial charge in [0.1, 0.15) is 5.31 Å². The van der Waals surface area contributed by atoms with Gasteiger partial charge in [-0.3, -0.25) is 13.9 Å². The summed E-state index contributed by atoms with van der Waals surface area (Å²) in [4.78, 5) is 23.9. The Morgan fingerprint density at radius 1 is 1.12 bits per heavy atom. The lowest BCUT2D eigenvalue weighted by Gasteiger charge is -2.15. The van der Waals surface area contributed by atoms with Crippen LogP contribution >= 0.6 is 7.60 Å². The molecule has 0 aliphatic heterocycles. The molecule has 0 spiro atoms. The summed E-state index contributed by atoms with van der Waals surface area (Å²) in [5, 5.41) is 0.467. The average Bonchev–Trinajstić information content (AvgIpc) is 2.97. The maximum atomic E-state index is 12.6. The van der Waals surface area contributed by atoms with Crippen molar-refractivity contribution in [2.24, 2.45) is 0 Å². The molecule has 0 atom stereocenters. The van der Waals surface area contributed by atoms with E-state index in [2.05, 4.69) is 4.74 Å². The van der Waals surface area contributed by atoms with Gasteiger partial charge in [-0.15, -0.1) is 0 Å². The molecule has 8 heteroatoms. The van der Waals surface area contributed by atoms with E-state index in [9.17, 15) is 14.2 Å². The van der Waals surface area contributed by atoms with Gasteiger partial charge in [-0.1, -0.05) is 18.2 Å². The number of methoxy groups -OCH3 is 1. The van der Waals surface area contributed by atoms with E-state index < -0.39 is 13.6 Å². The van der Waals surface area contributed by atoms with Gasteiger partial charge in [0.25, 0.3) is 0 Å². The van der Waals surface area contributed by atoms with E-state index in [1.54, 1.807) is 30.5 Å². The smallest absolute Gasteiger partial charge is 0.368 e. The minimum absolute atomic E-state index is 0.188. The third kappa shape index (κ3) is 3.19. The molecule has 0 saturated carbocycles. The van der Waals surface area contributed by atoms with Crippen LogP contribution in [-0.4, -0.2) is 37.8 Å². The van der Waals surface area contributed by atoms with E-state index >= 15 is 0 Å². The summed E-state index contributed by atoms with van der Waals surface area (Å²) in [5.41, 5.74) is 1.20. The lowest BCUT2D eigenvalue weighted by Crippen LogP contribution is -2.07. The maximum Gasteiger partial charge on any atom is 0.368 e. The zero-order valence-electron chi connectivity index (χ0n) is 13.8. The fraction of sp³-hybridized carbons (Fsp3) is 0.250. The zero-order valence-corrected chi connectivity index (χ0v) is 14.7. The van der Waals surface area contributed by atoms with Crippen molar-refractivity contribution in [1.82, 2.24) is 4.57 Å². The van der Waals surface area contributed by atoms with Gasteiger partial charge in [0, 0.05) is 38.3 Å². The van der Waals surface area contributed by atoms with E-state index in [0.717, 1.165) is 0 Å². The molecule has 128 valence electrons. The molecular weight excluding hydrogens is 333 g/mol. The first-order valence-corrected chi connectivity index (χ1v) is 8.55. The Labute approximate surface area is 139 Å². The highest BCUT2D eigenvalue weighted by Crippen LogP contribution is 2.55. The normalized spacial score (nSPS) is 12.4. The molecule has 0 aliphatic carbocycles. The number of carbonyl (C=O) groups is 2. The number of hydrogen-bond donors (Lipinski definition) is 0. The predicted molar refractivity (Wildman–Crippen MR) is 89.9 cm³/mol. The van der Waals surface area contributed by atoms with Crippen molar-refractivity contribution in [2.45, 2.75) is 6.92 Å². The average molecular weight is 351 g/mol. The van der Waals surface area contributed by atoms with Crippen LogP contribution in [0.5, 0.6) is 0 Å². The Bertz CT molecular complexity index is 859. The van der Waals surface area contributed by atoms with E-state index in [0.29, 0.717) is 16.5 Å². The summed E-state index contributed by atoms with van der Waals surface area (Å²) in [6.45, 7) is 1.43. The minimum atomic E-state index is -3.83. The first-order chi connectivity index (χ1) is 11.4. The Hall–Kier alpha value is -2.21. The highest BCUT2D eigenvalue weighted by atomic mass is 31.2. The Morgan fingerprint density at radius 3 is 2.29 bits per heavy atom. The number of nitrogens with zero attached hydrogens (tertiary/aromatic N) is 1. The molecule has 2 aromatic rings. The van der Waals surface area contributed by atoms with Crippen molar-refractivity contribution in [3.63, 3.8) is 0 Å². The van der Waals surface area contributed by atoms with Crippen molar-refractivity contribution >= 4 is 36.5 Å². The van der Waals surface area contributed by atoms with Gasteiger partial charge in [0.05, 0.1) is 12.6 Å². The Morgan fingerprint density at radius 2 is 1.75 bits per heavy atom. The van der Waals surface area contributed by atoms with Gasteiger partial charge in [0.2, 0.25) is 5.91 Å². The third-order valence-corrected chi connectivity index (χ3v) is 5.41. The maximum absolute atomic E-state index is 12.6. The van der Waals surface area contributed by atoms with Crippen LogP contribution in [0.25, 0.3) is 17.0 Å². The lowest BCUT2D eigenvalue weighted by molar-refractivity contribution is -0.135. The quantitative estimate of drug-likeness (QED) is 0.467. The summed E-state index contributed by atoms with van der Waals surface area (Å²) in [6, 6.07) is 7.16. The molecular formula is C16H18NO6P. The van der Waals surface area contributed by atoms with Crippen LogP contribution in [0.1, 0.15) is 17.3 Å². The van der Waals surface area contributed by atoms with Crippen LogP contribution in [0, 0.1) is 0 Å². The number of esters is 1. The van der Waals surface area contributed by atoms with Crippen molar-refractivity contribution in [3.05, 3.63) is 41.3 Å². The lowest BCUT2D eigenvalue weighted by atomic mass is 10.1. The standard InChI is InChI=1S/C16H18NO6P/c1-11(18)17-10-12(13-7-5-6-8-14(13)17)9-15(16(19)21-2)24(20,22-3)23-4/h5-10H,1-4H3/b15-9-. The number of fused-ring (bicyclic) bond motifs is 1. The van der Waals surface area contributed by atoms with Crippen LogP contribution < -0.4 is 0 Å². The van der Waals surface area contributed by atoms with Gasteiger partial charge < -0.3 is 13.8 Å². The van der Waals surface area contributed by atoms with Crippen LogP contribution in [0.2, 0.25) is 0 Å². The molecule has 2 rings (SSSR count). The first-order valence-electron chi connectivity index (χ1n) is 7.01. The summed E-state index contributed by atoms with van der Waals surface area (Å²) in [6.07, 6.45) is 2.92. The highest BCUT2D eigenvalue weighted by molar-refractivity contribution is 7.60. The molecule has 0 saturated heterocycles. The Kier molecular flexibility index (Phi) is 5.39. The molecule has 1 aromatic heterocycles. The molecule has 0 bridgehead atoms. The Balaban J connectivity index is 2.75. The first kappa shape index (κ1) is 18.1. The molecule has 1 aromatic carbocycles. The van der Waals surface area contributed by atoms with Crippen molar-refractivity contribution < 1.29 is 27.9 Å². The van der Waals surface area contributed by atoms with Gasteiger partial charge >= 0.3 is 13.6 Å². The van der Waals surface area contributed by atoms with Gasteiger partial charge in [-0.2, -0.15) is 0 Å². The second-order valence-electron chi connectivity index (χ2n) is 4.87. The number of para-hydroxylation sites is 1. The topological polar surface area (TPSA) is 83.8 Å². The molecule has 0 amide bonds. The number of aromatic nitrogens is 1. The molecule has 1 heterocycles. The largest absolute Gasteiger partial charge is 0.465 e.